The fourth-order valence-corrected chi connectivity index (χ4v) is 2.53. The maximum atomic E-state index is 13.9. The summed E-state index contributed by atoms with van der Waals surface area (Å²) in [6, 6.07) is 15.8. The van der Waals surface area contributed by atoms with Crippen LogP contribution in [-0.4, -0.2) is 4.98 Å². The lowest BCUT2D eigenvalue weighted by Gasteiger charge is -2.01. The topological polar surface area (TPSA) is 52.0 Å². The molecule has 0 atom stereocenters. The maximum absolute atomic E-state index is 13.9. The first-order chi connectivity index (χ1) is 10.2. The molecule has 102 valence electrons. The number of hydrogen-bond donors (Lipinski definition) is 1. The number of rotatable bonds is 1. The molecule has 0 bridgehead atoms. The van der Waals surface area contributed by atoms with Crippen molar-refractivity contribution in [1.82, 2.24) is 4.98 Å². The molecule has 0 aliphatic heterocycles. The number of aromatic nitrogens is 1. The summed E-state index contributed by atoms with van der Waals surface area (Å²) in [5.41, 5.74) is 8.27. The fraction of sp³-hybridized carbons (Fsp3) is 0. The van der Waals surface area contributed by atoms with Crippen LogP contribution in [0.4, 0.5) is 10.1 Å². The molecule has 0 radical (unpaired) electrons. The van der Waals surface area contributed by atoms with Gasteiger partial charge in [0.2, 0.25) is 5.89 Å². The molecular weight excluding hydrogens is 267 g/mol. The molecular formula is C17H11FN2O. The van der Waals surface area contributed by atoms with Crippen molar-refractivity contribution < 1.29 is 8.81 Å². The number of nitrogens with two attached hydrogens (primary N) is 1. The van der Waals surface area contributed by atoms with Gasteiger partial charge in [0.05, 0.1) is 5.56 Å². The van der Waals surface area contributed by atoms with Crippen LogP contribution < -0.4 is 5.73 Å². The number of halogens is 1. The third-order valence-electron chi connectivity index (χ3n) is 3.53. The van der Waals surface area contributed by atoms with Gasteiger partial charge in [-0.05, 0) is 18.2 Å². The van der Waals surface area contributed by atoms with Gasteiger partial charge in [-0.15, -0.1) is 0 Å². The SMILES string of the molecule is Nc1cc2nc(-c3ccccc3F)oc2c2ccccc12. The van der Waals surface area contributed by atoms with Crippen LogP contribution in [0.1, 0.15) is 0 Å². The summed E-state index contributed by atoms with van der Waals surface area (Å²) in [4.78, 5) is 4.37. The first-order valence-electron chi connectivity index (χ1n) is 6.57. The van der Waals surface area contributed by atoms with Crippen LogP contribution in [0.2, 0.25) is 0 Å². The van der Waals surface area contributed by atoms with E-state index in [0.29, 0.717) is 22.4 Å². The second-order valence-corrected chi connectivity index (χ2v) is 4.86. The first-order valence-corrected chi connectivity index (χ1v) is 6.57. The third-order valence-corrected chi connectivity index (χ3v) is 3.53. The number of anilines is 1. The Hall–Kier alpha value is -2.88. The van der Waals surface area contributed by atoms with E-state index in [4.69, 9.17) is 10.2 Å². The van der Waals surface area contributed by atoms with E-state index in [0.717, 1.165) is 10.8 Å². The standard InChI is InChI=1S/C17H11FN2O/c18-13-8-4-3-7-12(13)17-20-15-9-14(19)10-5-1-2-6-11(10)16(15)21-17/h1-9H,19H2. The van der Waals surface area contributed by atoms with Crippen molar-refractivity contribution in [1.29, 1.82) is 0 Å². The maximum Gasteiger partial charge on any atom is 0.230 e. The summed E-state index contributed by atoms with van der Waals surface area (Å²) < 4.78 is 19.7. The van der Waals surface area contributed by atoms with Crippen molar-refractivity contribution in [3.8, 4) is 11.5 Å². The largest absolute Gasteiger partial charge is 0.435 e. The van der Waals surface area contributed by atoms with E-state index >= 15 is 0 Å². The molecule has 3 aromatic carbocycles. The predicted molar refractivity (Wildman–Crippen MR) is 81.3 cm³/mol. The number of hydrogen-bond acceptors (Lipinski definition) is 3. The normalized spacial score (nSPS) is 11.3. The smallest absolute Gasteiger partial charge is 0.230 e. The van der Waals surface area contributed by atoms with Crippen molar-refractivity contribution in [3.05, 3.63) is 60.4 Å². The van der Waals surface area contributed by atoms with Gasteiger partial charge < -0.3 is 10.2 Å². The fourth-order valence-electron chi connectivity index (χ4n) is 2.53. The van der Waals surface area contributed by atoms with Crippen LogP contribution in [0.25, 0.3) is 33.3 Å². The average molecular weight is 278 g/mol. The zero-order valence-electron chi connectivity index (χ0n) is 11.0. The molecule has 0 saturated heterocycles. The molecule has 1 aromatic heterocycles. The lowest BCUT2D eigenvalue weighted by molar-refractivity contribution is 0.595. The summed E-state index contributed by atoms with van der Waals surface area (Å²) >= 11 is 0. The van der Waals surface area contributed by atoms with E-state index in [2.05, 4.69) is 4.98 Å². The van der Waals surface area contributed by atoms with Crippen LogP contribution in [0.5, 0.6) is 0 Å². The van der Waals surface area contributed by atoms with Gasteiger partial charge in [-0.1, -0.05) is 36.4 Å². The Morgan fingerprint density at radius 3 is 2.48 bits per heavy atom. The van der Waals surface area contributed by atoms with Crippen LogP contribution in [0, 0.1) is 5.82 Å². The van der Waals surface area contributed by atoms with Gasteiger partial charge >= 0.3 is 0 Å². The molecule has 4 aromatic rings. The lowest BCUT2D eigenvalue weighted by Crippen LogP contribution is -1.87. The number of oxazole rings is 1. The lowest BCUT2D eigenvalue weighted by atomic mass is 10.1. The predicted octanol–water partition coefficient (Wildman–Crippen LogP) is 4.37. The van der Waals surface area contributed by atoms with Crippen LogP contribution in [0.15, 0.2) is 59.0 Å². The molecule has 4 heteroatoms. The van der Waals surface area contributed by atoms with Gasteiger partial charge in [0.25, 0.3) is 0 Å². The van der Waals surface area contributed by atoms with Crippen molar-refractivity contribution in [2.45, 2.75) is 0 Å². The molecule has 0 aliphatic rings. The minimum atomic E-state index is -0.360. The van der Waals surface area contributed by atoms with Gasteiger partial charge in [0.15, 0.2) is 5.58 Å². The Morgan fingerprint density at radius 1 is 0.952 bits per heavy atom. The van der Waals surface area contributed by atoms with E-state index in [-0.39, 0.29) is 11.7 Å². The summed E-state index contributed by atoms with van der Waals surface area (Å²) in [5.74, 6) is -0.0970. The molecule has 1 heterocycles. The molecule has 3 nitrogen and oxygen atoms in total. The minimum Gasteiger partial charge on any atom is -0.435 e. The second-order valence-electron chi connectivity index (χ2n) is 4.86. The number of nitrogen functional groups attached to an aromatic ring is 1. The first kappa shape index (κ1) is 11.9. The Kier molecular flexibility index (Phi) is 2.44. The molecule has 21 heavy (non-hydrogen) atoms. The van der Waals surface area contributed by atoms with Gasteiger partial charge in [-0.3, -0.25) is 0 Å². The summed E-state index contributed by atoms with van der Waals surface area (Å²) in [6.45, 7) is 0. The quantitative estimate of drug-likeness (QED) is 0.526. The van der Waals surface area contributed by atoms with E-state index in [9.17, 15) is 4.39 Å². The highest BCUT2D eigenvalue weighted by molar-refractivity contribution is 6.09. The highest BCUT2D eigenvalue weighted by Crippen LogP contribution is 2.33. The van der Waals surface area contributed by atoms with E-state index in [1.165, 1.54) is 6.07 Å². The van der Waals surface area contributed by atoms with Crippen molar-refractivity contribution in [2.75, 3.05) is 5.73 Å². The summed E-state index contributed by atoms with van der Waals surface area (Å²) in [7, 11) is 0. The van der Waals surface area contributed by atoms with E-state index < -0.39 is 0 Å². The molecule has 4 rings (SSSR count). The van der Waals surface area contributed by atoms with Crippen molar-refractivity contribution >= 4 is 27.6 Å². The van der Waals surface area contributed by atoms with E-state index in [1.54, 1.807) is 24.3 Å². The molecule has 0 spiro atoms. The third kappa shape index (κ3) is 1.76. The van der Waals surface area contributed by atoms with Gasteiger partial charge in [0.1, 0.15) is 11.3 Å². The van der Waals surface area contributed by atoms with Crippen LogP contribution in [-0.2, 0) is 0 Å². The minimum absolute atomic E-state index is 0.263. The Morgan fingerprint density at radius 2 is 1.67 bits per heavy atom. The monoisotopic (exact) mass is 278 g/mol. The molecule has 0 fully saturated rings. The zero-order chi connectivity index (χ0) is 14.4. The molecule has 0 aliphatic carbocycles. The highest BCUT2D eigenvalue weighted by atomic mass is 19.1. The molecule has 0 unspecified atom stereocenters. The van der Waals surface area contributed by atoms with Gasteiger partial charge in [0, 0.05) is 16.5 Å². The Labute approximate surface area is 119 Å². The second kappa shape index (κ2) is 4.31. The van der Waals surface area contributed by atoms with Crippen molar-refractivity contribution in [2.24, 2.45) is 0 Å². The van der Waals surface area contributed by atoms with Gasteiger partial charge in [-0.25, -0.2) is 9.37 Å². The van der Waals surface area contributed by atoms with Crippen LogP contribution in [0.3, 0.4) is 0 Å². The zero-order valence-corrected chi connectivity index (χ0v) is 11.0. The van der Waals surface area contributed by atoms with Crippen molar-refractivity contribution in [3.63, 3.8) is 0 Å². The van der Waals surface area contributed by atoms with Gasteiger partial charge in [-0.2, -0.15) is 0 Å². The average Bonchev–Trinajstić information content (AvgIpc) is 2.92. The molecule has 2 N–H and O–H groups in total. The highest BCUT2D eigenvalue weighted by Gasteiger charge is 2.15. The number of fused-ring (bicyclic) bond motifs is 3. The molecule has 0 saturated carbocycles. The van der Waals surface area contributed by atoms with Crippen LogP contribution >= 0.6 is 0 Å². The summed E-state index contributed by atoms with van der Waals surface area (Å²) in [5, 5.41) is 1.78. The number of benzene rings is 3. The Bertz CT molecular complexity index is 975. The molecule has 0 amide bonds. The summed E-state index contributed by atoms with van der Waals surface area (Å²) in [6.07, 6.45) is 0. The van der Waals surface area contributed by atoms with E-state index in [1.807, 2.05) is 24.3 Å². The number of nitrogens with zero attached hydrogens (tertiary/aromatic N) is 1. The Balaban J connectivity index is 2.07.